The van der Waals surface area contributed by atoms with Gasteiger partial charge in [-0.05, 0) is 135 Å². The minimum Gasteiger partial charge on any atom is -0.457 e. The van der Waals surface area contributed by atoms with Gasteiger partial charge in [0.1, 0.15) is 11.2 Å². The summed E-state index contributed by atoms with van der Waals surface area (Å²) in [5.74, 6) is 0.0886. The molecule has 3 aromatic carbocycles. The highest BCUT2D eigenvalue weighted by atomic mass is 79.9. The summed E-state index contributed by atoms with van der Waals surface area (Å²) in [4.78, 5) is 64.5. The molecule has 6 rings (SSSR count). The maximum Gasteiger partial charge on any atom is 0.414 e. The summed E-state index contributed by atoms with van der Waals surface area (Å²) in [7, 11) is 1.22. The van der Waals surface area contributed by atoms with Crippen LogP contribution in [-0.2, 0) is 30.2 Å². The average Bonchev–Trinajstić information content (AvgIpc) is 3.13. The van der Waals surface area contributed by atoms with Crippen molar-refractivity contribution < 1.29 is 38.2 Å². The second-order valence-corrected chi connectivity index (χ2v) is 19.8. The van der Waals surface area contributed by atoms with Crippen molar-refractivity contribution in [2.45, 2.75) is 118 Å². The number of nitrogens with zero attached hydrogens (tertiary/aromatic N) is 4. The number of halogens is 5. The molecule has 0 saturated carbocycles. The van der Waals surface area contributed by atoms with Gasteiger partial charge in [-0.15, -0.1) is 12.4 Å². The van der Waals surface area contributed by atoms with Gasteiger partial charge in [-0.3, -0.25) is 19.4 Å². The maximum absolute atomic E-state index is 12.5. The van der Waals surface area contributed by atoms with Crippen molar-refractivity contribution in [1.29, 1.82) is 0 Å². The number of carbonyl (C=O) groups is 5. The van der Waals surface area contributed by atoms with Crippen molar-refractivity contribution in [3.05, 3.63) is 73.6 Å². The van der Waals surface area contributed by atoms with Crippen LogP contribution in [0.15, 0.2) is 68.0 Å². The predicted molar refractivity (Wildman–Crippen MR) is 262 cm³/mol. The largest absolute Gasteiger partial charge is 0.457 e. The molecule has 1 N–H and O–H groups in total. The highest BCUT2D eigenvalue weighted by Gasteiger charge is 2.36. The summed E-state index contributed by atoms with van der Waals surface area (Å²) in [5.41, 5.74) is 3.71. The van der Waals surface area contributed by atoms with Crippen molar-refractivity contribution in [1.82, 2.24) is 0 Å². The molecule has 18 heteroatoms. The van der Waals surface area contributed by atoms with Crippen molar-refractivity contribution >= 4 is 130 Å². The number of aryl methyl sites for hydroxylation is 1. The van der Waals surface area contributed by atoms with E-state index >= 15 is 0 Å². The monoisotopic (exact) mass is 1090 g/mol. The third-order valence-corrected chi connectivity index (χ3v) is 10.8. The Morgan fingerprint density at radius 2 is 1.10 bits per heavy atom. The van der Waals surface area contributed by atoms with E-state index in [1.165, 1.54) is 19.6 Å². The van der Waals surface area contributed by atoms with E-state index in [2.05, 4.69) is 82.4 Å². The maximum atomic E-state index is 12.5. The third-order valence-electron chi connectivity index (χ3n) is 9.12. The molecule has 0 unspecified atom stereocenters. The molecule has 3 aromatic rings. The quantitative estimate of drug-likeness (QED) is 0.172. The van der Waals surface area contributed by atoms with E-state index in [9.17, 15) is 24.0 Å². The van der Waals surface area contributed by atoms with Gasteiger partial charge >= 0.3 is 17.6 Å². The molecule has 0 radical (unpaired) electrons. The summed E-state index contributed by atoms with van der Waals surface area (Å²) < 4.78 is 17.7. The first-order chi connectivity index (χ1) is 28.2. The van der Waals surface area contributed by atoms with Crippen LogP contribution in [-0.4, -0.2) is 79.0 Å². The van der Waals surface area contributed by atoms with Gasteiger partial charge in [0.2, 0.25) is 11.8 Å². The van der Waals surface area contributed by atoms with Crippen LogP contribution >= 0.6 is 71.8 Å². The number of carbonyl (C=O) groups excluding carboxylic acids is 5. The van der Waals surface area contributed by atoms with Gasteiger partial charge in [0.25, 0.3) is 0 Å². The lowest BCUT2D eigenvalue weighted by molar-refractivity contribution is -0.117. The minimum absolute atomic E-state index is 0. The zero-order valence-corrected chi connectivity index (χ0v) is 43.6. The van der Waals surface area contributed by atoms with Gasteiger partial charge < -0.3 is 29.3 Å². The Balaban J connectivity index is 0.000000305. The van der Waals surface area contributed by atoms with Crippen LogP contribution < -0.4 is 24.9 Å². The van der Waals surface area contributed by atoms with E-state index in [0.29, 0.717) is 24.8 Å². The number of fused-ring (bicyclic) bond motifs is 3. The van der Waals surface area contributed by atoms with Crippen LogP contribution in [0.5, 0.6) is 0 Å². The Kier molecular flexibility index (Phi) is 20.6. The Bertz CT molecular complexity index is 2080. The summed E-state index contributed by atoms with van der Waals surface area (Å²) in [6, 6.07) is 17.9. The van der Waals surface area contributed by atoms with Crippen LogP contribution in [0.2, 0.25) is 0 Å². The number of hydrogen-bond donors (Lipinski definition) is 1. The molecule has 0 bridgehead atoms. The number of methoxy groups -OCH3 is 1. The minimum atomic E-state index is -0.773. The Labute approximate surface area is 402 Å². The molecule has 3 heterocycles. The van der Waals surface area contributed by atoms with Gasteiger partial charge in [-0.2, -0.15) is 0 Å². The lowest BCUT2D eigenvalue weighted by Gasteiger charge is -2.41. The van der Waals surface area contributed by atoms with Gasteiger partial charge in [0.05, 0.1) is 35.9 Å². The molecule has 4 amide bonds. The number of rotatable bonds is 0. The number of nitrogens with one attached hydrogen (secondary N) is 1. The van der Waals surface area contributed by atoms with E-state index in [1.54, 1.807) is 21.6 Å². The highest BCUT2D eigenvalue weighted by Crippen LogP contribution is 2.39. The first-order valence-electron chi connectivity index (χ1n) is 19.7. The van der Waals surface area contributed by atoms with E-state index in [4.69, 9.17) is 9.47 Å². The molecule has 342 valence electrons. The zero-order valence-electron chi connectivity index (χ0n) is 37.2. The van der Waals surface area contributed by atoms with Crippen LogP contribution in [0.4, 0.5) is 42.8 Å². The second-order valence-electron chi connectivity index (χ2n) is 16.8. The Hall–Kier alpha value is -3.57. The number of benzene rings is 3. The van der Waals surface area contributed by atoms with E-state index in [-0.39, 0.29) is 42.4 Å². The first kappa shape index (κ1) is 54.6. The molecule has 0 aromatic heterocycles. The number of anilines is 5. The lowest BCUT2D eigenvalue weighted by atomic mass is 9.97. The normalized spacial score (nSPS) is 17.5. The van der Waals surface area contributed by atoms with Crippen LogP contribution in [0.1, 0.15) is 88.1 Å². The van der Waals surface area contributed by atoms with Crippen molar-refractivity contribution in [3.8, 4) is 0 Å². The van der Waals surface area contributed by atoms with Gasteiger partial charge in [-0.25, -0.2) is 14.4 Å². The predicted octanol–water partition coefficient (Wildman–Crippen LogP) is 12.5. The first-order valence-corrected chi connectivity index (χ1v) is 22.5. The van der Waals surface area contributed by atoms with Crippen LogP contribution in [0.25, 0.3) is 0 Å². The lowest BCUT2D eigenvalue weighted by Crippen LogP contribution is -2.52. The molecule has 0 aliphatic carbocycles. The van der Waals surface area contributed by atoms with Crippen molar-refractivity contribution in [2.75, 3.05) is 45.1 Å². The summed E-state index contributed by atoms with van der Waals surface area (Å²) in [6.07, 6.45) is 1.39. The van der Waals surface area contributed by atoms with Crippen LogP contribution in [0.3, 0.4) is 0 Å². The fraction of sp³-hybridized carbons (Fsp3) is 0.477. The number of ether oxygens (including phenoxy) is 3. The average molecular weight is 1100 g/mol. The fourth-order valence-corrected chi connectivity index (χ4v) is 7.90. The molecular formula is C44H58Br3Cl2N5O8. The van der Waals surface area contributed by atoms with E-state index < -0.39 is 22.7 Å². The number of hydrogen-bond acceptors (Lipinski definition) is 9. The molecule has 0 fully saturated rings. The smallest absolute Gasteiger partial charge is 0.414 e. The molecule has 13 nitrogen and oxygen atoms in total. The number of amides is 4. The van der Waals surface area contributed by atoms with E-state index in [1.807, 2.05) is 109 Å². The van der Waals surface area contributed by atoms with Crippen LogP contribution in [0, 0.1) is 0 Å². The van der Waals surface area contributed by atoms with Crippen molar-refractivity contribution in [2.24, 2.45) is 0 Å². The zero-order chi connectivity index (χ0) is 46.1. The molecule has 3 atom stereocenters. The third kappa shape index (κ3) is 15.9. The van der Waals surface area contributed by atoms with E-state index in [0.717, 1.165) is 49.0 Å². The molecule has 3 aliphatic heterocycles. The summed E-state index contributed by atoms with van der Waals surface area (Å²) in [6.45, 7) is 21.4. The molecule has 3 aliphatic rings. The van der Waals surface area contributed by atoms with Gasteiger partial charge in [0.15, 0.2) is 0 Å². The Morgan fingerprint density at radius 1 is 0.661 bits per heavy atom. The standard InChI is InChI=1S/C16H21BrN2O3.C14H19BrN2O2.C12H14BrNO.C2H3ClO2.ClH/c1-10-9-18(15(21)22-16(3,4)5)14-8-12(17)6-7-13(14)19(10)11(2)20;1-9-8-17(13(18)19-14(2,3)4)12-7-10(15)5-6-11(12)16-9;1-8-3-4-10-7-11(13)5-6-12(10)14(8)9(2)15;1-5-2(3)4;/h6-8,10H,9H2,1-5H3;5-7,9,16H,8H2,1-4H3;5-8H,3-4H2,1-2H3;1H3;1H/t10-;9-;8-;;/m000../s1. The molecule has 62 heavy (non-hydrogen) atoms. The molecular weight excluding hydrogens is 1040 g/mol. The highest BCUT2D eigenvalue weighted by molar-refractivity contribution is 9.11. The summed E-state index contributed by atoms with van der Waals surface area (Å²) in [5, 5.41) is 3.36. The Morgan fingerprint density at radius 3 is 1.58 bits per heavy atom. The van der Waals surface area contributed by atoms with Gasteiger partial charge in [0, 0.05) is 69.7 Å². The molecule has 0 saturated heterocycles. The second kappa shape index (κ2) is 23.4. The van der Waals surface area contributed by atoms with Crippen molar-refractivity contribution in [3.63, 3.8) is 0 Å². The summed E-state index contributed by atoms with van der Waals surface area (Å²) >= 11 is 14.9. The topological polar surface area (TPSA) is 138 Å². The SMILES string of the molecule is CC(=O)N1c2ccc(Br)cc2CC[C@@H]1C.CC(=O)N1c2ccc(Br)cc2N(C(=O)OC(C)(C)C)C[C@@H]1C.COC(=O)Cl.C[C@H]1CN(C(=O)OC(C)(C)C)c2cc(Br)ccc2N1.Cl. The fourth-order valence-electron chi connectivity index (χ4n) is 6.79. The van der Waals surface area contributed by atoms with Gasteiger partial charge in [-0.1, -0.05) is 47.8 Å². The molecule has 0 spiro atoms.